The van der Waals surface area contributed by atoms with Gasteiger partial charge in [-0.1, -0.05) is 0 Å². The number of aliphatic hydroxyl groups excluding tert-OH is 1. The monoisotopic (exact) mass is 278 g/mol. The highest BCUT2D eigenvalue weighted by Crippen LogP contribution is 2.39. The zero-order valence-electron chi connectivity index (χ0n) is 11.3. The van der Waals surface area contributed by atoms with Gasteiger partial charge in [-0.05, 0) is 12.1 Å². The zero-order chi connectivity index (χ0) is 15.3. The SMILES string of the molecule is COc1cc(C(O)=C(C#N)C(N)=O)cc(OC)c1OC. The van der Waals surface area contributed by atoms with Gasteiger partial charge in [0.2, 0.25) is 5.75 Å². The number of ether oxygens (including phenoxy) is 3. The topological polar surface area (TPSA) is 115 Å². The van der Waals surface area contributed by atoms with Crippen LogP contribution in [0.2, 0.25) is 0 Å². The number of carbonyl (C=O) groups excluding carboxylic acids is 1. The molecule has 0 aliphatic carbocycles. The fraction of sp³-hybridized carbons (Fsp3) is 0.231. The minimum Gasteiger partial charge on any atom is -0.506 e. The van der Waals surface area contributed by atoms with Gasteiger partial charge in [0.1, 0.15) is 11.8 Å². The summed E-state index contributed by atoms with van der Waals surface area (Å²) in [7, 11) is 4.24. The van der Waals surface area contributed by atoms with Crippen molar-refractivity contribution < 1.29 is 24.1 Å². The van der Waals surface area contributed by atoms with E-state index in [1.807, 2.05) is 0 Å². The van der Waals surface area contributed by atoms with E-state index in [1.165, 1.54) is 33.5 Å². The maximum atomic E-state index is 11.1. The second-order valence-corrected chi connectivity index (χ2v) is 3.61. The molecule has 0 saturated heterocycles. The average Bonchev–Trinajstić information content (AvgIpc) is 2.45. The number of methoxy groups -OCH3 is 3. The van der Waals surface area contributed by atoms with Crippen LogP contribution in [-0.4, -0.2) is 32.3 Å². The van der Waals surface area contributed by atoms with Crippen molar-refractivity contribution in [1.82, 2.24) is 0 Å². The highest BCUT2D eigenvalue weighted by atomic mass is 16.5. The molecule has 7 nitrogen and oxygen atoms in total. The first-order valence-electron chi connectivity index (χ1n) is 5.43. The fourth-order valence-corrected chi connectivity index (χ4v) is 1.59. The molecule has 0 unspecified atom stereocenters. The summed E-state index contributed by atoms with van der Waals surface area (Å²) in [6.45, 7) is 0. The Labute approximate surface area is 115 Å². The predicted octanol–water partition coefficient (Wildman–Crippen LogP) is 0.990. The van der Waals surface area contributed by atoms with Crippen molar-refractivity contribution in [2.24, 2.45) is 5.73 Å². The lowest BCUT2D eigenvalue weighted by Crippen LogP contribution is -2.14. The Bertz CT molecular complexity index is 576. The van der Waals surface area contributed by atoms with Gasteiger partial charge in [-0.2, -0.15) is 5.26 Å². The summed E-state index contributed by atoms with van der Waals surface area (Å²) >= 11 is 0. The Kier molecular flexibility index (Phi) is 4.81. The Morgan fingerprint density at radius 1 is 1.20 bits per heavy atom. The van der Waals surface area contributed by atoms with Gasteiger partial charge in [0.25, 0.3) is 5.91 Å². The molecule has 1 aromatic carbocycles. The fourth-order valence-electron chi connectivity index (χ4n) is 1.59. The van der Waals surface area contributed by atoms with Gasteiger partial charge in [0.15, 0.2) is 17.1 Å². The van der Waals surface area contributed by atoms with Crippen molar-refractivity contribution in [2.45, 2.75) is 0 Å². The molecule has 0 fully saturated rings. The summed E-state index contributed by atoms with van der Waals surface area (Å²) in [5, 5.41) is 18.8. The van der Waals surface area contributed by atoms with Crippen molar-refractivity contribution in [2.75, 3.05) is 21.3 Å². The first-order valence-corrected chi connectivity index (χ1v) is 5.43. The molecule has 1 amide bonds. The standard InChI is InChI=1S/C13H14N2O5/c1-18-9-4-7(5-10(19-2)12(9)20-3)11(16)8(6-14)13(15)17/h4-5,16H,1-3H3,(H2,15,17). The van der Waals surface area contributed by atoms with Gasteiger partial charge in [0, 0.05) is 5.56 Å². The van der Waals surface area contributed by atoms with Crippen LogP contribution < -0.4 is 19.9 Å². The van der Waals surface area contributed by atoms with Crippen LogP contribution in [0.15, 0.2) is 17.7 Å². The number of nitrogens with two attached hydrogens (primary N) is 1. The first-order chi connectivity index (χ1) is 9.49. The van der Waals surface area contributed by atoms with Crippen LogP contribution in [0.25, 0.3) is 5.76 Å². The molecule has 1 aromatic rings. The highest BCUT2D eigenvalue weighted by molar-refractivity contribution is 6.02. The van der Waals surface area contributed by atoms with Gasteiger partial charge in [-0.15, -0.1) is 0 Å². The third kappa shape index (κ3) is 2.75. The first kappa shape index (κ1) is 15.2. The molecule has 0 bridgehead atoms. The van der Waals surface area contributed by atoms with Crippen molar-refractivity contribution in [3.8, 4) is 23.3 Å². The number of benzene rings is 1. The molecule has 3 N–H and O–H groups in total. The maximum absolute atomic E-state index is 11.1. The number of carbonyl (C=O) groups is 1. The van der Waals surface area contributed by atoms with Gasteiger partial charge in [-0.3, -0.25) is 4.79 Å². The number of hydrogen-bond acceptors (Lipinski definition) is 6. The van der Waals surface area contributed by atoms with E-state index in [9.17, 15) is 9.90 Å². The van der Waals surface area contributed by atoms with Crippen LogP contribution in [0.4, 0.5) is 0 Å². The number of rotatable bonds is 5. The summed E-state index contributed by atoms with van der Waals surface area (Å²) in [6, 6.07) is 4.35. The van der Waals surface area contributed by atoms with Crippen LogP contribution in [0.1, 0.15) is 5.56 Å². The van der Waals surface area contributed by atoms with E-state index in [4.69, 9.17) is 25.2 Å². The van der Waals surface area contributed by atoms with Crippen LogP contribution in [0, 0.1) is 11.3 Å². The smallest absolute Gasteiger partial charge is 0.263 e. The average molecular weight is 278 g/mol. The summed E-state index contributed by atoms with van der Waals surface area (Å²) in [5.74, 6) is -0.715. The molecule has 0 atom stereocenters. The molecule has 0 radical (unpaired) electrons. The van der Waals surface area contributed by atoms with Crippen molar-refractivity contribution in [3.63, 3.8) is 0 Å². The molecule has 7 heteroatoms. The number of amides is 1. The largest absolute Gasteiger partial charge is 0.506 e. The van der Waals surface area contributed by atoms with Gasteiger partial charge >= 0.3 is 0 Å². The zero-order valence-corrected chi connectivity index (χ0v) is 11.3. The molecule has 1 rings (SSSR count). The molecule has 0 aliphatic rings. The van der Waals surface area contributed by atoms with E-state index < -0.39 is 17.2 Å². The molecule has 106 valence electrons. The van der Waals surface area contributed by atoms with E-state index in [0.717, 1.165) is 0 Å². The lowest BCUT2D eigenvalue weighted by molar-refractivity contribution is -0.114. The van der Waals surface area contributed by atoms with Crippen LogP contribution >= 0.6 is 0 Å². The molecular formula is C13H14N2O5. The summed E-state index contributed by atoms with van der Waals surface area (Å²) in [4.78, 5) is 11.1. The quantitative estimate of drug-likeness (QED) is 0.471. The van der Waals surface area contributed by atoms with E-state index in [1.54, 1.807) is 6.07 Å². The number of hydrogen-bond donors (Lipinski definition) is 2. The minimum absolute atomic E-state index is 0.148. The Hall–Kier alpha value is -2.88. The summed E-state index contributed by atoms with van der Waals surface area (Å²) < 4.78 is 15.3. The molecule has 0 aliphatic heterocycles. The Morgan fingerprint density at radius 2 is 1.70 bits per heavy atom. The maximum Gasteiger partial charge on any atom is 0.263 e. The Morgan fingerprint density at radius 3 is 2.00 bits per heavy atom. The molecule has 0 spiro atoms. The van der Waals surface area contributed by atoms with Crippen molar-refractivity contribution in [1.29, 1.82) is 5.26 Å². The highest BCUT2D eigenvalue weighted by Gasteiger charge is 2.19. The van der Waals surface area contributed by atoms with Crippen molar-refractivity contribution in [3.05, 3.63) is 23.3 Å². The summed E-state index contributed by atoms with van der Waals surface area (Å²) in [6.07, 6.45) is 0. The van der Waals surface area contributed by atoms with E-state index >= 15 is 0 Å². The van der Waals surface area contributed by atoms with Gasteiger partial charge < -0.3 is 25.1 Å². The predicted molar refractivity (Wildman–Crippen MR) is 70.5 cm³/mol. The lowest BCUT2D eigenvalue weighted by Gasteiger charge is -2.14. The molecular weight excluding hydrogens is 264 g/mol. The van der Waals surface area contributed by atoms with Gasteiger partial charge in [-0.25, -0.2) is 0 Å². The molecule has 0 aromatic heterocycles. The lowest BCUT2D eigenvalue weighted by atomic mass is 10.1. The molecule has 20 heavy (non-hydrogen) atoms. The van der Waals surface area contributed by atoms with E-state index in [2.05, 4.69) is 0 Å². The van der Waals surface area contributed by atoms with Crippen LogP contribution in [0.3, 0.4) is 0 Å². The normalized spacial score (nSPS) is 11.1. The van der Waals surface area contributed by atoms with E-state index in [0.29, 0.717) is 5.75 Å². The third-order valence-electron chi connectivity index (χ3n) is 2.53. The Balaban J connectivity index is 3.56. The molecule has 0 saturated carbocycles. The van der Waals surface area contributed by atoms with Gasteiger partial charge in [0.05, 0.1) is 21.3 Å². The van der Waals surface area contributed by atoms with Crippen LogP contribution in [-0.2, 0) is 4.79 Å². The minimum atomic E-state index is -1.03. The number of nitrogens with zero attached hydrogens (tertiary/aromatic N) is 1. The number of nitriles is 1. The van der Waals surface area contributed by atoms with Crippen LogP contribution in [0.5, 0.6) is 17.2 Å². The van der Waals surface area contributed by atoms with Crippen molar-refractivity contribution >= 4 is 11.7 Å². The summed E-state index contributed by atoms with van der Waals surface area (Å²) in [5.41, 5.74) is 4.61. The third-order valence-corrected chi connectivity index (χ3v) is 2.53. The molecule has 0 heterocycles. The second kappa shape index (κ2) is 6.33. The number of primary amides is 1. The number of aliphatic hydroxyl groups is 1. The second-order valence-electron chi connectivity index (χ2n) is 3.61. The van der Waals surface area contributed by atoms with E-state index in [-0.39, 0.29) is 17.1 Å².